The molecule has 0 aromatic heterocycles. The van der Waals surface area contributed by atoms with Crippen molar-refractivity contribution in [3.8, 4) is 0 Å². The molecule has 0 rings (SSSR count). The highest BCUT2D eigenvalue weighted by Gasteiger charge is 2.01. The topological polar surface area (TPSA) is 67.2 Å². The SMILES string of the molecule is COC(CCN=[N+]=[N-])OC. The van der Waals surface area contributed by atoms with Gasteiger partial charge in [0.25, 0.3) is 0 Å². The van der Waals surface area contributed by atoms with Crippen LogP contribution >= 0.6 is 0 Å². The molecule has 0 aromatic carbocycles. The lowest BCUT2D eigenvalue weighted by Gasteiger charge is -2.10. The lowest BCUT2D eigenvalue weighted by atomic mass is 10.4. The molecule has 10 heavy (non-hydrogen) atoms. The van der Waals surface area contributed by atoms with Crippen LogP contribution in [-0.4, -0.2) is 27.1 Å². The zero-order chi connectivity index (χ0) is 7.82. The maximum Gasteiger partial charge on any atom is 0.156 e. The van der Waals surface area contributed by atoms with Crippen LogP contribution in [0.1, 0.15) is 6.42 Å². The first-order chi connectivity index (χ1) is 4.85. The van der Waals surface area contributed by atoms with E-state index in [4.69, 9.17) is 15.0 Å². The molecule has 0 fully saturated rings. The second kappa shape index (κ2) is 6.35. The van der Waals surface area contributed by atoms with Crippen LogP contribution in [0.5, 0.6) is 0 Å². The smallest absolute Gasteiger partial charge is 0.156 e. The van der Waals surface area contributed by atoms with E-state index in [1.165, 1.54) is 0 Å². The van der Waals surface area contributed by atoms with Gasteiger partial charge < -0.3 is 9.47 Å². The number of methoxy groups -OCH3 is 2. The Bertz CT molecular complexity index is 118. The third-order valence-electron chi connectivity index (χ3n) is 1.05. The molecule has 0 saturated heterocycles. The summed E-state index contributed by atoms with van der Waals surface area (Å²) in [6, 6.07) is 0. The Morgan fingerprint density at radius 2 is 2.10 bits per heavy atom. The molecule has 0 radical (unpaired) electrons. The first kappa shape index (κ1) is 9.23. The van der Waals surface area contributed by atoms with E-state index >= 15 is 0 Å². The Kier molecular flexibility index (Phi) is 5.86. The van der Waals surface area contributed by atoms with E-state index in [1.54, 1.807) is 14.2 Å². The van der Waals surface area contributed by atoms with Gasteiger partial charge in [-0.05, 0) is 5.53 Å². The molecule has 0 N–H and O–H groups in total. The van der Waals surface area contributed by atoms with Gasteiger partial charge in [-0.1, -0.05) is 5.11 Å². The Balaban J connectivity index is 3.34. The average molecular weight is 145 g/mol. The summed E-state index contributed by atoms with van der Waals surface area (Å²) in [4.78, 5) is 2.59. The van der Waals surface area contributed by atoms with E-state index in [-0.39, 0.29) is 6.29 Å². The van der Waals surface area contributed by atoms with Crippen LogP contribution in [0.4, 0.5) is 0 Å². The number of hydrogen-bond acceptors (Lipinski definition) is 3. The van der Waals surface area contributed by atoms with Gasteiger partial charge in [-0.25, -0.2) is 0 Å². The number of ether oxygens (including phenoxy) is 2. The Hall–Kier alpha value is -0.770. The standard InChI is InChI=1S/C5H11N3O2/c1-9-5(10-2)3-4-7-8-6/h5H,3-4H2,1-2H3. The molecule has 0 aromatic rings. The zero-order valence-electron chi connectivity index (χ0n) is 6.15. The summed E-state index contributed by atoms with van der Waals surface area (Å²) in [5.74, 6) is 0. The highest BCUT2D eigenvalue weighted by Crippen LogP contribution is 1.96. The highest BCUT2D eigenvalue weighted by atomic mass is 16.7. The van der Waals surface area contributed by atoms with Gasteiger partial charge in [0.1, 0.15) is 0 Å². The average Bonchev–Trinajstić information content (AvgIpc) is 1.99. The quantitative estimate of drug-likeness (QED) is 0.253. The van der Waals surface area contributed by atoms with Crippen molar-refractivity contribution >= 4 is 0 Å². The first-order valence-corrected chi connectivity index (χ1v) is 2.91. The molecule has 0 aliphatic rings. The summed E-state index contributed by atoms with van der Waals surface area (Å²) < 4.78 is 9.68. The molecule has 0 aliphatic heterocycles. The van der Waals surface area contributed by atoms with E-state index in [1.807, 2.05) is 0 Å². The van der Waals surface area contributed by atoms with Crippen molar-refractivity contribution in [1.82, 2.24) is 0 Å². The monoisotopic (exact) mass is 145 g/mol. The summed E-state index contributed by atoms with van der Waals surface area (Å²) in [5, 5.41) is 3.33. The molecule has 0 unspecified atom stereocenters. The van der Waals surface area contributed by atoms with Crippen LogP contribution in [0.15, 0.2) is 5.11 Å². The maximum absolute atomic E-state index is 7.90. The van der Waals surface area contributed by atoms with Crippen molar-refractivity contribution in [2.45, 2.75) is 12.7 Å². The molecular weight excluding hydrogens is 134 g/mol. The van der Waals surface area contributed by atoms with Crippen molar-refractivity contribution in [3.05, 3.63) is 10.4 Å². The van der Waals surface area contributed by atoms with Crippen molar-refractivity contribution < 1.29 is 9.47 Å². The van der Waals surface area contributed by atoms with Crippen LogP contribution < -0.4 is 0 Å². The highest BCUT2D eigenvalue weighted by molar-refractivity contribution is 4.49. The number of hydrogen-bond donors (Lipinski definition) is 0. The molecule has 58 valence electrons. The van der Waals surface area contributed by atoms with Crippen LogP contribution in [0, 0.1) is 0 Å². The van der Waals surface area contributed by atoms with Crippen molar-refractivity contribution in [1.29, 1.82) is 0 Å². The van der Waals surface area contributed by atoms with Crippen molar-refractivity contribution in [3.63, 3.8) is 0 Å². The van der Waals surface area contributed by atoms with E-state index in [0.717, 1.165) is 0 Å². The summed E-state index contributed by atoms with van der Waals surface area (Å²) in [6.07, 6.45) is 0.336. The summed E-state index contributed by atoms with van der Waals surface area (Å²) in [5.41, 5.74) is 7.90. The molecule has 0 saturated carbocycles. The van der Waals surface area contributed by atoms with Crippen LogP contribution in [0.2, 0.25) is 0 Å². The van der Waals surface area contributed by atoms with Gasteiger partial charge in [-0.3, -0.25) is 0 Å². The normalized spacial score (nSPS) is 9.50. The minimum absolute atomic E-state index is 0.259. The predicted molar refractivity (Wildman–Crippen MR) is 36.4 cm³/mol. The number of azide groups is 1. The largest absolute Gasteiger partial charge is 0.356 e. The predicted octanol–water partition coefficient (Wildman–Crippen LogP) is 1.31. The second-order valence-electron chi connectivity index (χ2n) is 1.64. The van der Waals surface area contributed by atoms with Gasteiger partial charge in [0.05, 0.1) is 0 Å². The van der Waals surface area contributed by atoms with Gasteiger partial charge in [-0.2, -0.15) is 0 Å². The minimum Gasteiger partial charge on any atom is -0.356 e. The third-order valence-corrected chi connectivity index (χ3v) is 1.05. The van der Waals surface area contributed by atoms with Crippen molar-refractivity contribution in [2.75, 3.05) is 20.8 Å². The molecule has 0 atom stereocenters. The van der Waals surface area contributed by atoms with Crippen LogP contribution in [0.3, 0.4) is 0 Å². The van der Waals surface area contributed by atoms with E-state index in [9.17, 15) is 0 Å². The summed E-state index contributed by atoms with van der Waals surface area (Å²) in [6.45, 7) is 0.406. The fourth-order valence-electron chi connectivity index (χ4n) is 0.540. The van der Waals surface area contributed by atoms with E-state index in [2.05, 4.69) is 10.0 Å². The van der Waals surface area contributed by atoms with E-state index < -0.39 is 0 Å². The Labute approximate surface area is 59.6 Å². The van der Waals surface area contributed by atoms with Gasteiger partial charge in [0.15, 0.2) is 6.29 Å². The molecule has 0 spiro atoms. The molecule has 0 amide bonds. The molecule has 0 aliphatic carbocycles. The molecular formula is C5H11N3O2. The molecule has 0 heterocycles. The van der Waals surface area contributed by atoms with Crippen molar-refractivity contribution in [2.24, 2.45) is 5.11 Å². The van der Waals surface area contributed by atoms with Crippen LogP contribution in [-0.2, 0) is 9.47 Å². The van der Waals surface area contributed by atoms with Gasteiger partial charge in [0, 0.05) is 32.1 Å². The molecule has 0 bridgehead atoms. The fourth-order valence-corrected chi connectivity index (χ4v) is 0.540. The van der Waals surface area contributed by atoms with Gasteiger partial charge in [0.2, 0.25) is 0 Å². The number of nitrogens with zero attached hydrogens (tertiary/aromatic N) is 3. The second-order valence-corrected chi connectivity index (χ2v) is 1.64. The van der Waals surface area contributed by atoms with Gasteiger partial charge >= 0.3 is 0 Å². The summed E-state index contributed by atoms with van der Waals surface area (Å²) >= 11 is 0. The Morgan fingerprint density at radius 1 is 1.50 bits per heavy atom. The number of rotatable bonds is 5. The lowest BCUT2D eigenvalue weighted by Crippen LogP contribution is -2.13. The first-order valence-electron chi connectivity index (χ1n) is 2.91. The minimum atomic E-state index is -0.259. The van der Waals surface area contributed by atoms with E-state index in [0.29, 0.717) is 13.0 Å². The Morgan fingerprint density at radius 3 is 2.50 bits per heavy atom. The summed E-state index contributed by atoms with van der Waals surface area (Å²) in [7, 11) is 3.09. The fraction of sp³-hybridized carbons (Fsp3) is 1.00. The third kappa shape index (κ3) is 4.14. The molecule has 5 heteroatoms. The van der Waals surface area contributed by atoms with Gasteiger partial charge in [-0.15, -0.1) is 0 Å². The van der Waals surface area contributed by atoms with Crippen LogP contribution in [0.25, 0.3) is 10.4 Å². The molecule has 5 nitrogen and oxygen atoms in total. The zero-order valence-corrected chi connectivity index (χ0v) is 6.15. The lowest BCUT2D eigenvalue weighted by molar-refractivity contribution is -0.104. The maximum atomic E-state index is 7.90.